The summed E-state index contributed by atoms with van der Waals surface area (Å²) in [5.74, 6) is -0.450. The van der Waals surface area contributed by atoms with Crippen LogP contribution in [0.2, 0.25) is 0 Å². The van der Waals surface area contributed by atoms with Crippen LogP contribution in [0.25, 0.3) is 0 Å². The summed E-state index contributed by atoms with van der Waals surface area (Å²) in [7, 11) is 2.01. The van der Waals surface area contributed by atoms with Crippen molar-refractivity contribution in [3.8, 4) is 0 Å². The number of nitrogens with one attached hydrogen (secondary N) is 2. The van der Waals surface area contributed by atoms with Gasteiger partial charge in [-0.25, -0.2) is 0 Å². The van der Waals surface area contributed by atoms with Crippen LogP contribution in [0, 0.1) is 6.92 Å². The summed E-state index contributed by atoms with van der Waals surface area (Å²) in [6.07, 6.45) is -0.683. The fourth-order valence-electron chi connectivity index (χ4n) is 5.15. The fourth-order valence-corrected chi connectivity index (χ4v) is 5.15. The number of benzene rings is 1. The number of hydrogen-bond acceptors (Lipinski definition) is 5. The standard InChI is InChI=1S/C26H33F3N4O3/c1-16-20(5-4-6-22(16)26(27,28)29)17(2)30-25(35)21-15-33(19-8-11-36-12-9-19)24(34)13-23(21)31-18-7-10-32(3)14-18/h4-6,13,15,17-19,31H,7-12,14H2,1-3H3,(H,30,35)/t17-,18+/m1/s1. The summed E-state index contributed by atoms with van der Waals surface area (Å²) >= 11 is 0. The number of likely N-dealkylation sites (tertiary alicyclic amines) is 1. The number of aromatic nitrogens is 1. The van der Waals surface area contributed by atoms with Gasteiger partial charge in [-0.3, -0.25) is 9.59 Å². The fraction of sp³-hybridized carbons (Fsp3) is 0.538. The Bertz CT molecular complexity index is 1160. The maximum Gasteiger partial charge on any atom is 0.416 e. The second-order valence-corrected chi connectivity index (χ2v) is 9.79. The van der Waals surface area contributed by atoms with Gasteiger partial charge in [-0.2, -0.15) is 13.2 Å². The molecule has 1 aromatic carbocycles. The Hall–Kier alpha value is -2.85. The third-order valence-corrected chi connectivity index (χ3v) is 7.16. The van der Waals surface area contributed by atoms with E-state index in [0.717, 1.165) is 25.6 Å². The number of anilines is 1. The molecule has 0 saturated carbocycles. The van der Waals surface area contributed by atoms with E-state index in [9.17, 15) is 22.8 Å². The molecule has 0 bridgehead atoms. The predicted molar refractivity (Wildman–Crippen MR) is 131 cm³/mol. The molecule has 196 valence electrons. The average Bonchev–Trinajstić information content (AvgIpc) is 3.23. The van der Waals surface area contributed by atoms with E-state index in [1.54, 1.807) is 23.8 Å². The monoisotopic (exact) mass is 506 g/mol. The van der Waals surface area contributed by atoms with Crippen LogP contribution in [0.15, 0.2) is 35.3 Å². The third-order valence-electron chi connectivity index (χ3n) is 7.16. The zero-order chi connectivity index (χ0) is 26.0. The average molecular weight is 507 g/mol. The first kappa shape index (κ1) is 26.2. The third kappa shape index (κ3) is 5.75. The van der Waals surface area contributed by atoms with Gasteiger partial charge in [-0.15, -0.1) is 0 Å². The maximum absolute atomic E-state index is 13.5. The van der Waals surface area contributed by atoms with Gasteiger partial charge < -0.3 is 24.8 Å². The molecule has 2 saturated heterocycles. The van der Waals surface area contributed by atoms with Crippen LogP contribution in [0.1, 0.15) is 65.3 Å². The highest BCUT2D eigenvalue weighted by atomic mass is 19.4. The molecule has 36 heavy (non-hydrogen) atoms. The van der Waals surface area contributed by atoms with Crippen molar-refractivity contribution < 1.29 is 22.7 Å². The number of hydrogen-bond donors (Lipinski definition) is 2. The lowest BCUT2D eigenvalue weighted by molar-refractivity contribution is -0.138. The molecule has 0 unspecified atom stereocenters. The molecule has 2 fully saturated rings. The number of carbonyl (C=O) groups excluding carboxylic acids is 1. The number of ether oxygens (including phenoxy) is 1. The van der Waals surface area contributed by atoms with Gasteiger partial charge in [0.05, 0.1) is 22.9 Å². The van der Waals surface area contributed by atoms with E-state index < -0.39 is 23.7 Å². The van der Waals surface area contributed by atoms with Gasteiger partial charge >= 0.3 is 6.18 Å². The number of carbonyl (C=O) groups is 1. The van der Waals surface area contributed by atoms with Gasteiger partial charge in [0.15, 0.2) is 0 Å². The van der Waals surface area contributed by atoms with E-state index in [4.69, 9.17) is 4.74 Å². The molecular weight excluding hydrogens is 473 g/mol. The lowest BCUT2D eigenvalue weighted by Crippen LogP contribution is -2.34. The number of nitrogens with zero attached hydrogens (tertiary/aromatic N) is 2. The van der Waals surface area contributed by atoms with Crippen LogP contribution in [0.4, 0.5) is 18.9 Å². The summed E-state index contributed by atoms with van der Waals surface area (Å²) in [5.41, 5.74) is 0.289. The summed E-state index contributed by atoms with van der Waals surface area (Å²) < 4.78 is 47.2. The minimum absolute atomic E-state index is 0.0763. The van der Waals surface area contributed by atoms with Crippen molar-refractivity contribution in [1.82, 2.24) is 14.8 Å². The molecule has 2 aliphatic heterocycles. The maximum atomic E-state index is 13.5. The highest BCUT2D eigenvalue weighted by molar-refractivity contribution is 5.99. The molecule has 4 rings (SSSR count). The van der Waals surface area contributed by atoms with Gasteiger partial charge in [0.2, 0.25) is 0 Å². The van der Waals surface area contributed by atoms with Crippen LogP contribution >= 0.6 is 0 Å². The molecule has 0 radical (unpaired) electrons. The molecule has 1 aromatic heterocycles. The largest absolute Gasteiger partial charge is 0.416 e. The van der Waals surface area contributed by atoms with Gasteiger partial charge in [0.1, 0.15) is 0 Å². The first-order chi connectivity index (χ1) is 17.0. The zero-order valence-corrected chi connectivity index (χ0v) is 20.8. The smallest absolute Gasteiger partial charge is 0.381 e. The van der Waals surface area contributed by atoms with E-state index in [2.05, 4.69) is 15.5 Å². The van der Waals surface area contributed by atoms with E-state index >= 15 is 0 Å². The minimum atomic E-state index is -4.48. The molecule has 2 N–H and O–H groups in total. The van der Waals surface area contributed by atoms with Gasteiger partial charge in [0.25, 0.3) is 11.5 Å². The number of likely N-dealkylation sites (N-methyl/N-ethyl adjacent to an activating group) is 1. The normalized spacial score (nSPS) is 20.3. The SMILES string of the molecule is Cc1c([C@@H](C)NC(=O)c2cn(C3CCOCC3)c(=O)cc2N[C@H]2CCN(C)C2)cccc1C(F)(F)F. The molecule has 3 heterocycles. The molecule has 10 heteroatoms. The number of rotatable bonds is 6. The Morgan fingerprint density at radius 1 is 1.19 bits per heavy atom. The summed E-state index contributed by atoms with van der Waals surface area (Å²) in [5, 5.41) is 6.21. The van der Waals surface area contributed by atoms with Gasteiger partial charge in [-0.05, 0) is 63.9 Å². The second-order valence-electron chi connectivity index (χ2n) is 9.79. The van der Waals surface area contributed by atoms with Crippen LogP contribution < -0.4 is 16.2 Å². The quantitative estimate of drug-likeness (QED) is 0.616. The molecular formula is C26H33F3N4O3. The molecule has 2 aromatic rings. The highest BCUT2D eigenvalue weighted by Gasteiger charge is 2.33. The lowest BCUT2D eigenvalue weighted by Gasteiger charge is -2.26. The summed E-state index contributed by atoms with van der Waals surface area (Å²) in [6.45, 7) is 5.84. The van der Waals surface area contributed by atoms with Crippen molar-refractivity contribution in [1.29, 1.82) is 0 Å². The minimum Gasteiger partial charge on any atom is -0.381 e. The van der Waals surface area contributed by atoms with E-state index in [0.29, 0.717) is 42.9 Å². The van der Waals surface area contributed by atoms with Crippen LogP contribution in [0.5, 0.6) is 0 Å². The first-order valence-electron chi connectivity index (χ1n) is 12.3. The summed E-state index contributed by atoms with van der Waals surface area (Å²) in [4.78, 5) is 28.7. The molecule has 1 amide bonds. The van der Waals surface area contributed by atoms with Gasteiger partial charge in [-0.1, -0.05) is 12.1 Å². The van der Waals surface area contributed by atoms with Crippen LogP contribution in [0.3, 0.4) is 0 Å². The second kappa shape index (κ2) is 10.6. The zero-order valence-electron chi connectivity index (χ0n) is 20.8. The van der Waals surface area contributed by atoms with Crippen molar-refractivity contribution in [2.75, 3.05) is 38.7 Å². The molecule has 7 nitrogen and oxygen atoms in total. The molecule has 2 atom stereocenters. The van der Waals surface area contributed by atoms with Crippen LogP contribution in [-0.2, 0) is 10.9 Å². The number of pyridine rings is 1. The highest BCUT2D eigenvalue weighted by Crippen LogP contribution is 2.34. The van der Waals surface area contributed by atoms with E-state index in [1.165, 1.54) is 19.1 Å². The van der Waals surface area contributed by atoms with Crippen molar-refractivity contribution in [3.63, 3.8) is 0 Å². The molecule has 0 aliphatic carbocycles. The van der Waals surface area contributed by atoms with Crippen molar-refractivity contribution in [3.05, 3.63) is 63.1 Å². The van der Waals surface area contributed by atoms with E-state index in [-0.39, 0.29) is 23.2 Å². The topological polar surface area (TPSA) is 75.6 Å². The summed E-state index contributed by atoms with van der Waals surface area (Å²) in [6, 6.07) is 4.78. The van der Waals surface area contributed by atoms with E-state index in [1.807, 2.05) is 7.05 Å². The Balaban J connectivity index is 1.65. The van der Waals surface area contributed by atoms with Crippen molar-refractivity contribution in [2.24, 2.45) is 0 Å². The Kier molecular flexibility index (Phi) is 7.75. The Morgan fingerprint density at radius 2 is 1.92 bits per heavy atom. The Morgan fingerprint density at radius 3 is 2.56 bits per heavy atom. The predicted octanol–water partition coefficient (Wildman–Crippen LogP) is 4.13. The number of halogens is 3. The van der Waals surface area contributed by atoms with Crippen molar-refractivity contribution in [2.45, 2.75) is 57.4 Å². The number of amides is 1. The number of alkyl halides is 3. The first-order valence-corrected chi connectivity index (χ1v) is 12.3. The van der Waals surface area contributed by atoms with Crippen LogP contribution in [-0.4, -0.2) is 54.8 Å². The van der Waals surface area contributed by atoms with Crippen molar-refractivity contribution >= 4 is 11.6 Å². The Labute approximate surface area is 208 Å². The lowest BCUT2D eigenvalue weighted by atomic mass is 9.97. The molecule has 0 spiro atoms. The molecule has 2 aliphatic rings. The van der Waals surface area contributed by atoms with Gasteiger partial charge in [0, 0.05) is 44.1 Å².